The molecule has 1 aromatic heterocycles. The second kappa shape index (κ2) is 5.45. The molecule has 3 aromatic rings. The first-order chi connectivity index (χ1) is 9.81. The van der Waals surface area contributed by atoms with E-state index in [0.717, 1.165) is 11.1 Å². The van der Waals surface area contributed by atoms with Crippen LogP contribution in [0.4, 0.5) is 0 Å². The molecule has 3 nitrogen and oxygen atoms in total. The van der Waals surface area contributed by atoms with Crippen LogP contribution in [0.2, 0.25) is 0 Å². The molecule has 0 spiro atoms. The molecule has 0 fully saturated rings. The summed E-state index contributed by atoms with van der Waals surface area (Å²) in [4.78, 5) is 11.3. The zero-order valence-electron chi connectivity index (χ0n) is 10.7. The SMILES string of the molecule is O=c1oc(=C\c2ccccc2)/c(=C\c2ccccc2)o1. The summed E-state index contributed by atoms with van der Waals surface area (Å²) in [6.45, 7) is 0. The van der Waals surface area contributed by atoms with E-state index in [1.807, 2.05) is 60.7 Å². The molecule has 0 atom stereocenters. The fourth-order valence-electron chi connectivity index (χ4n) is 1.90. The van der Waals surface area contributed by atoms with E-state index in [1.165, 1.54) is 0 Å². The van der Waals surface area contributed by atoms with E-state index in [-0.39, 0.29) is 0 Å². The molecule has 2 aromatic carbocycles. The highest BCUT2D eigenvalue weighted by Crippen LogP contribution is 1.99. The highest BCUT2D eigenvalue weighted by molar-refractivity contribution is 5.51. The Bertz CT molecular complexity index is 784. The maximum absolute atomic E-state index is 11.3. The van der Waals surface area contributed by atoms with Gasteiger partial charge in [0.2, 0.25) is 0 Å². The summed E-state index contributed by atoms with van der Waals surface area (Å²) in [6, 6.07) is 19.3. The summed E-state index contributed by atoms with van der Waals surface area (Å²) < 4.78 is 10.2. The fraction of sp³-hybridized carbons (Fsp3) is 0. The minimum absolute atomic E-state index is 0.421. The Balaban J connectivity index is 2.17. The van der Waals surface area contributed by atoms with Gasteiger partial charge < -0.3 is 8.83 Å². The summed E-state index contributed by atoms with van der Waals surface area (Å²) in [7, 11) is 0. The third kappa shape index (κ3) is 2.78. The Morgan fingerprint density at radius 3 is 1.45 bits per heavy atom. The van der Waals surface area contributed by atoms with Crippen molar-refractivity contribution in [2.45, 2.75) is 0 Å². The number of hydrogen-bond acceptors (Lipinski definition) is 3. The van der Waals surface area contributed by atoms with Crippen LogP contribution in [0.15, 0.2) is 74.3 Å². The summed E-state index contributed by atoms with van der Waals surface area (Å²) in [5, 5.41) is 0. The van der Waals surface area contributed by atoms with Gasteiger partial charge in [-0.25, -0.2) is 4.79 Å². The molecule has 0 aliphatic heterocycles. The summed E-state index contributed by atoms with van der Waals surface area (Å²) in [5.74, 6) is -0.700. The topological polar surface area (TPSA) is 43.4 Å². The molecule has 1 heterocycles. The maximum Gasteiger partial charge on any atom is 0.519 e. The van der Waals surface area contributed by atoms with Gasteiger partial charge in [-0.3, -0.25) is 0 Å². The van der Waals surface area contributed by atoms with Gasteiger partial charge in [0.1, 0.15) is 0 Å². The quantitative estimate of drug-likeness (QED) is 0.710. The second-order valence-electron chi connectivity index (χ2n) is 4.29. The van der Waals surface area contributed by atoms with E-state index in [2.05, 4.69) is 0 Å². The predicted molar refractivity (Wildman–Crippen MR) is 76.5 cm³/mol. The van der Waals surface area contributed by atoms with E-state index in [9.17, 15) is 4.79 Å². The standard InChI is InChI=1S/C17H12O3/c18-17-19-15(11-13-7-3-1-4-8-13)16(20-17)12-14-9-5-2-6-10-14/h1-12H/b15-11-,16-12+. The highest BCUT2D eigenvalue weighted by Gasteiger charge is 1.98. The van der Waals surface area contributed by atoms with Gasteiger partial charge in [-0.05, 0) is 23.3 Å². The van der Waals surface area contributed by atoms with Crippen molar-refractivity contribution in [3.63, 3.8) is 0 Å². The van der Waals surface area contributed by atoms with Crippen molar-refractivity contribution in [1.82, 2.24) is 0 Å². The first-order valence-electron chi connectivity index (χ1n) is 6.25. The molecule has 0 bridgehead atoms. The van der Waals surface area contributed by atoms with Crippen LogP contribution in [-0.4, -0.2) is 0 Å². The Morgan fingerprint density at radius 1 is 0.650 bits per heavy atom. The average molecular weight is 264 g/mol. The molecule has 3 heteroatoms. The lowest BCUT2D eigenvalue weighted by Gasteiger charge is -1.89. The van der Waals surface area contributed by atoms with Crippen LogP contribution in [0.25, 0.3) is 12.2 Å². The van der Waals surface area contributed by atoms with Gasteiger partial charge in [-0.2, -0.15) is 0 Å². The van der Waals surface area contributed by atoms with E-state index >= 15 is 0 Å². The molecule has 98 valence electrons. The number of benzene rings is 2. The molecular formula is C17H12O3. The average Bonchev–Trinajstić information content (AvgIpc) is 2.81. The van der Waals surface area contributed by atoms with Gasteiger partial charge in [-0.15, -0.1) is 0 Å². The molecular weight excluding hydrogens is 252 g/mol. The van der Waals surface area contributed by atoms with Crippen LogP contribution in [0.1, 0.15) is 11.1 Å². The largest absolute Gasteiger partial charge is 0.519 e. The molecule has 0 aliphatic rings. The molecule has 0 saturated carbocycles. The van der Waals surface area contributed by atoms with Crippen molar-refractivity contribution in [2.24, 2.45) is 0 Å². The molecule has 0 radical (unpaired) electrons. The first-order valence-corrected chi connectivity index (χ1v) is 6.25. The van der Waals surface area contributed by atoms with Crippen LogP contribution >= 0.6 is 0 Å². The first kappa shape index (κ1) is 12.2. The monoisotopic (exact) mass is 264 g/mol. The Hall–Kier alpha value is -2.81. The molecule has 0 amide bonds. The van der Waals surface area contributed by atoms with Crippen LogP contribution in [-0.2, 0) is 0 Å². The lowest BCUT2D eigenvalue weighted by molar-refractivity contribution is 0.371. The van der Waals surface area contributed by atoms with Crippen molar-refractivity contribution in [3.05, 3.63) is 93.2 Å². The second-order valence-corrected chi connectivity index (χ2v) is 4.29. The Morgan fingerprint density at radius 2 is 1.05 bits per heavy atom. The van der Waals surface area contributed by atoms with Gasteiger partial charge in [-0.1, -0.05) is 60.7 Å². The molecule has 20 heavy (non-hydrogen) atoms. The lowest BCUT2D eigenvalue weighted by Crippen LogP contribution is -2.19. The van der Waals surface area contributed by atoms with E-state index in [0.29, 0.717) is 10.8 Å². The minimum Gasteiger partial charge on any atom is -0.391 e. The highest BCUT2D eigenvalue weighted by atomic mass is 16.6. The Kier molecular flexibility index (Phi) is 3.33. The summed E-state index contributed by atoms with van der Waals surface area (Å²) >= 11 is 0. The zero-order chi connectivity index (χ0) is 13.8. The van der Waals surface area contributed by atoms with Crippen molar-refractivity contribution >= 4 is 12.2 Å². The van der Waals surface area contributed by atoms with Crippen molar-refractivity contribution in [1.29, 1.82) is 0 Å². The molecule has 0 unspecified atom stereocenters. The van der Waals surface area contributed by atoms with Crippen LogP contribution < -0.4 is 16.7 Å². The molecule has 3 rings (SSSR count). The molecule has 0 N–H and O–H groups in total. The number of rotatable bonds is 2. The van der Waals surface area contributed by atoms with Crippen LogP contribution in [0, 0.1) is 0 Å². The van der Waals surface area contributed by atoms with E-state index < -0.39 is 5.82 Å². The van der Waals surface area contributed by atoms with Gasteiger partial charge >= 0.3 is 5.82 Å². The minimum atomic E-state index is -0.700. The molecule has 0 saturated heterocycles. The van der Waals surface area contributed by atoms with Gasteiger partial charge in [0, 0.05) is 0 Å². The normalized spacial score (nSPS) is 12.8. The lowest BCUT2D eigenvalue weighted by atomic mass is 10.2. The zero-order valence-corrected chi connectivity index (χ0v) is 10.7. The molecule has 0 aliphatic carbocycles. The maximum atomic E-state index is 11.3. The third-order valence-corrected chi connectivity index (χ3v) is 2.82. The van der Waals surface area contributed by atoms with Crippen LogP contribution in [0.3, 0.4) is 0 Å². The van der Waals surface area contributed by atoms with Crippen molar-refractivity contribution in [3.8, 4) is 0 Å². The third-order valence-electron chi connectivity index (χ3n) is 2.82. The summed E-state index contributed by atoms with van der Waals surface area (Å²) in [6.07, 6.45) is 3.55. The predicted octanol–water partition coefficient (Wildman–Crippen LogP) is 1.89. The van der Waals surface area contributed by atoms with E-state index in [1.54, 1.807) is 12.2 Å². The van der Waals surface area contributed by atoms with Gasteiger partial charge in [0.25, 0.3) is 0 Å². The Labute approximate surface area is 115 Å². The van der Waals surface area contributed by atoms with E-state index in [4.69, 9.17) is 8.83 Å². The fourth-order valence-corrected chi connectivity index (χ4v) is 1.90. The van der Waals surface area contributed by atoms with Gasteiger partial charge in [0.15, 0.2) is 10.8 Å². The smallest absolute Gasteiger partial charge is 0.391 e. The van der Waals surface area contributed by atoms with Crippen molar-refractivity contribution in [2.75, 3.05) is 0 Å². The number of hydrogen-bond donors (Lipinski definition) is 0. The van der Waals surface area contributed by atoms with Crippen molar-refractivity contribution < 1.29 is 8.83 Å². The van der Waals surface area contributed by atoms with Gasteiger partial charge in [0.05, 0.1) is 0 Å². The van der Waals surface area contributed by atoms with Crippen LogP contribution in [0.5, 0.6) is 0 Å². The summed E-state index contributed by atoms with van der Waals surface area (Å²) in [5.41, 5.74) is 2.73.